The smallest absolute Gasteiger partial charge is 0.293 e. The molecule has 4 rings (SSSR count). The minimum absolute atomic E-state index is 0.121. The predicted molar refractivity (Wildman–Crippen MR) is 101 cm³/mol. The SMILES string of the molecule is Cc1c(Cl)cccc1-n1c(=O)n(C)c2cnc3ccc(Br)cc3c21. The lowest BCUT2D eigenvalue weighted by atomic mass is 10.1. The van der Waals surface area contributed by atoms with E-state index >= 15 is 0 Å². The Kier molecular flexibility index (Phi) is 3.51. The van der Waals surface area contributed by atoms with Crippen molar-refractivity contribution >= 4 is 49.5 Å². The summed E-state index contributed by atoms with van der Waals surface area (Å²) in [5, 5.41) is 1.55. The highest BCUT2D eigenvalue weighted by Crippen LogP contribution is 2.29. The summed E-state index contributed by atoms with van der Waals surface area (Å²) in [5.74, 6) is 0. The van der Waals surface area contributed by atoms with E-state index in [1.54, 1.807) is 22.4 Å². The summed E-state index contributed by atoms with van der Waals surface area (Å²) in [6.07, 6.45) is 1.74. The van der Waals surface area contributed by atoms with Crippen LogP contribution in [0.25, 0.3) is 27.6 Å². The summed E-state index contributed by atoms with van der Waals surface area (Å²) >= 11 is 9.78. The van der Waals surface area contributed by atoms with E-state index in [4.69, 9.17) is 11.6 Å². The molecule has 4 nitrogen and oxygen atoms in total. The zero-order valence-electron chi connectivity index (χ0n) is 13.0. The first kappa shape index (κ1) is 15.4. The Bertz CT molecular complexity index is 1180. The molecule has 0 unspecified atom stereocenters. The molecule has 6 heteroatoms. The van der Waals surface area contributed by atoms with Crippen molar-refractivity contribution in [1.82, 2.24) is 14.1 Å². The molecule has 0 saturated heterocycles. The molecule has 0 amide bonds. The van der Waals surface area contributed by atoms with Gasteiger partial charge in [-0.15, -0.1) is 0 Å². The summed E-state index contributed by atoms with van der Waals surface area (Å²) < 4.78 is 4.27. The average Bonchev–Trinajstić information content (AvgIpc) is 2.82. The third-order valence-electron chi connectivity index (χ3n) is 4.33. The predicted octanol–water partition coefficient (Wildman–Crippen LogP) is 4.60. The molecule has 0 spiro atoms. The quantitative estimate of drug-likeness (QED) is 0.467. The second-order valence-electron chi connectivity index (χ2n) is 5.71. The first-order chi connectivity index (χ1) is 11.5. The number of aromatic nitrogens is 3. The standard InChI is InChI=1S/C18H13BrClN3O/c1-10-13(20)4-3-5-15(10)23-17-12-8-11(19)6-7-14(12)21-9-16(17)22(2)18(23)24/h3-9H,1-2H3. The van der Waals surface area contributed by atoms with Gasteiger partial charge >= 0.3 is 5.69 Å². The maximum absolute atomic E-state index is 12.9. The van der Waals surface area contributed by atoms with E-state index in [9.17, 15) is 4.79 Å². The fraction of sp³-hybridized carbons (Fsp3) is 0.111. The van der Waals surface area contributed by atoms with Crippen molar-refractivity contribution in [2.45, 2.75) is 6.92 Å². The Labute approximate surface area is 151 Å². The van der Waals surface area contributed by atoms with Crippen LogP contribution < -0.4 is 5.69 Å². The van der Waals surface area contributed by atoms with Crippen LogP contribution in [0.3, 0.4) is 0 Å². The van der Waals surface area contributed by atoms with Crippen molar-refractivity contribution in [3.05, 3.63) is 68.1 Å². The Morgan fingerprint density at radius 3 is 2.79 bits per heavy atom. The largest absolute Gasteiger partial charge is 0.333 e. The molecule has 2 heterocycles. The number of hydrogen-bond donors (Lipinski definition) is 0. The average molecular weight is 403 g/mol. The number of benzene rings is 2. The van der Waals surface area contributed by atoms with Gasteiger partial charge in [-0.3, -0.25) is 14.1 Å². The van der Waals surface area contributed by atoms with Gasteiger partial charge in [0.1, 0.15) is 0 Å². The molecule has 0 aliphatic carbocycles. The summed E-state index contributed by atoms with van der Waals surface area (Å²) in [5.41, 5.74) is 3.98. The first-order valence-electron chi connectivity index (χ1n) is 7.40. The normalized spacial score (nSPS) is 11.5. The molecule has 2 aromatic carbocycles. The molecule has 0 N–H and O–H groups in total. The van der Waals surface area contributed by atoms with Crippen molar-refractivity contribution in [2.75, 3.05) is 0 Å². The van der Waals surface area contributed by atoms with Crippen molar-refractivity contribution in [3.8, 4) is 5.69 Å². The van der Waals surface area contributed by atoms with Crippen molar-refractivity contribution in [3.63, 3.8) is 0 Å². The molecule has 0 aliphatic heterocycles. The molecule has 0 saturated carbocycles. The van der Waals surface area contributed by atoms with Gasteiger partial charge in [0.2, 0.25) is 0 Å². The van der Waals surface area contributed by atoms with E-state index in [1.807, 2.05) is 43.3 Å². The number of rotatable bonds is 1. The van der Waals surface area contributed by atoms with Crippen molar-refractivity contribution in [2.24, 2.45) is 7.05 Å². The van der Waals surface area contributed by atoms with E-state index < -0.39 is 0 Å². The van der Waals surface area contributed by atoms with Gasteiger partial charge in [0.15, 0.2) is 0 Å². The van der Waals surface area contributed by atoms with Crippen LogP contribution in [0.1, 0.15) is 5.56 Å². The monoisotopic (exact) mass is 401 g/mol. The fourth-order valence-corrected chi connectivity index (χ4v) is 3.56. The number of aryl methyl sites for hydroxylation is 1. The molecule has 2 aromatic heterocycles. The second kappa shape index (κ2) is 5.46. The Balaban J connectivity index is 2.27. The third-order valence-corrected chi connectivity index (χ3v) is 5.23. The molecule has 0 bridgehead atoms. The molecular formula is C18H13BrClN3O. The van der Waals surface area contributed by atoms with Gasteiger partial charge in [-0.1, -0.05) is 33.6 Å². The summed E-state index contributed by atoms with van der Waals surface area (Å²) in [6, 6.07) is 11.5. The van der Waals surface area contributed by atoms with Crippen molar-refractivity contribution < 1.29 is 0 Å². The van der Waals surface area contributed by atoms with Crippen LogP contribution in [0.15, 0.2) is 51.9 Å². The lowest BCUT2D eigenvalue weighted by Crippen LogP contribution is -2.21. The van der Waals surface area contributed by atoms with E-state index in [0.717, 1.165) is 37.7 Å². The van der Waals surface area contributed by atoms with Gasteiger partial charge in [-0.2, -0.15) is 0 Å². The highest BCUT2D eigenvalue weighted by molar-refractivity contribution is 9.10. The molecule has 0 aliphatic rings. The molecule has 4 aromatic rings. The summed E-state index contributed by atoms with van der Waals surface area (Å²) in [4.78, 5) is 17.4. The lowest BCUT2D eigenvalue weighted by molar-refractivity contribution is 0.843. The van der Waals surface area contributed by atoms with Crippen molar-refractivity contribution in [1.29, 1.82) is 0 Å². The summed E-state index contributed by atoms with van der Waals surface area (Å²) in [7, 11) is 1.76. The number of halogens is 2. The maximum atomic E-state index is 12.9. The van der Waals surface area contributed by atoms with Crippen LogP contribution >= 0.6 is 27.5 Å². The topological polar surface area (TPSA) is 39.8 Å². The summed E-state index contributed by atoms with van der Waals surface area (Å²) in [6.45, 7) is 1.92. The molecule has 24 heavy (non-hydrogen) atoms. The highest BCUT2D eigenvalue weighted by atomic mass is 79.9. The molecular weight excluding hydrogens is 390 g/mol. The molecule has 0 fully saturated rings. The minimum Gasteiger partial charge on any atom is -0.293 e. The van der Waals surface area contributed by atoms with E-state index in [1.165, 1.54) is 0 Å². The van der Waals surface area contributed by atoms with Gasteiger partial charge < -0.3 is 0 Å². The van der Waals surface area contributed by atoms with Gasteiger partial charge in [0.05, 0.1) is 28.4 Å². The van der Waals surface area contributed by atoms with Crippen LogP contribution in [-0.4, -0.2) is 14.1 Å². The van der Waals surface area contributed by atoms with E-state index in [0.29, 0.717) is 5.02 Å². The van der Waals surface area contributed by atoms with Crippen LogP contribution in [0.4, 0.5) is 0 Å². The van der Waals surface area contributed by atoms with Crippen LogP contribution in [0.5, 0.6) is 0 Å². The molecule has 120 valence electrons. The third kappa shape index (κ3) is 2.12. The van der Waals surface area contributed by atoms with Crippen LogP contribution in [0.2, 0.25) is 5.02 Å². The van der Waals surface area contributed by atoms with Gasteiger partial charge in [-0.05, 0) is 42.8 Å². The van der Waals surface area contributed by atoms with Crippen LogP contribution in [0, 0.1) is 6.92 Å². The van der Waals surface area contributed by atoms with Crippen LogP contribution in [-0.2, 0) is 7.05 Å². The number of imidazole rings is 1. The molecule has 0 atom stereocenters. The zero-order valence-corrected chi connectivity index (χ0v) is 15.4. The number of nitrogens with zero attached hydrogens (tertiary/aromatic N) is 3. The van der Waals surface area contributed by atoms with Gasteiger partial charge in [0, 0.05) is 21.9 Å². The second-order valence-corrected chi connectivity index (χ2v) is 7.04. The molecule has 0 radical (unpaired) electrons. The Hall–Kier alpha value is -2.11. The zero-order chi connectivity index (χ0) is 17.0. The Morgan fingerprint density at radius 2 is 2.00 bits per heavy atom. The minimum atomic E-state index is -0.121. The number of fused-ring (bicyclic) bond motifs is 3. The number of pyridine rings is 1. The highest BCUT2D eigenvalue weighted by Gasteiger charge is 2.18. The fourth-order valence-electron chi connectivity index (χ4n) is 3.03. The maximum Gasteiger partial charge on any atom is 0.333 e. The van der Waals surface area contributed by atoms with Gasteiger partial charge in [0.25, 0.3) is 0 Å². The number of hydrogen-bond acceptors (Lipinski definition) is 2. The van der Waals surface area contributed by atoms with E-state index in [2.05, 4.69) is 20.9 Å². The van der Waals surface area contributed by atoms with Gasteiger partial charge in [-0.25, -0.2) is 4.79 Å². The first-order valence-corrected chi connectivity index (χ1v) is 8.57. The Morgan fingerprint density at radius 1 is 1.21 bits per heavy atom. The van der Waals surface area contributed by atoms with E-state index in [-0.39, 0.29) is 5.69 Å². The lowest BCUT2D eigenvalue weighted by Gasteiger charge is -2.10.